The van der Waals surface area contributed by atoms with Gasteiger partial charge in [-0.2, -0.15) is 0 Å². The summed E-state index contributed by atoms with van der Waals surface area (Å²) in [4.78, 5) is 3.65. The summed E-state index contributed by atoms with van der Waals surface area (Å²) in [5, 5.41) is 9.51. The molecule has 1 heterocycles. The number of hydrogen-bond acceptors (Lipinski definition) is 2. The topological polar surface area (TPSA) is 33.1 Å². The predicted octanol–water partition coefficient (Wildman–Crippen LogP) is 2.27. The first-order chi connectivity index (χ1) is 6.24. The van der Waals surface area contributed by atoms with E-state index in [2.05, 4.69) is 4.98 Å². The highest BCUT2D eigenvalue weighted by atomic mass is 35.5. The number of pyridine rings is 1. The average molecular weight is 204 g/mol. The first-order valence-corrected chi connectivity index (χ1v) is 4.62. The highest BCUT2D eigenvalue weighted by Gasteiger charge is 2.07. The Hall–Kier alpha value is -0.670. The van der Waals surface area contributed by atoms with E-state index in [4.69, 9.17) is 11.6 Å². The highest BCUT2D eigenvalue weighted by molar-refractivity contribution is 6.17. The van der Waals surface area contributed by atoms with Crippen molar-refractivity contribution in [1.82, 2.24) is 4.98 Å². The first-order valence-electron chi connectivity index (χ1n) is 4.08. The van der Waals surface area contributed by atoms with Gasteiger partial charge in [-0.05, 0) is 18.9 Å². The number of aromatic nitrogens is 1. The number of rotatable bonds is 4. The largest absolute Gasteiger partial charge is 0.388 e. The minimum atomic E-state index is -0.665. The molecule has 0 saturated heterocycles. The molecule has 1 aromatic rings. The Labute approximate surface area is 81.4 Å². The molecule has 2 nitrogen and oxygen atoms in total. The van der Waals surface area contributed by atoms with Crippen LogP contribution in [0.4, 0.5) is 4.39 Å². The Morgan fingerprint density at radius 2 is 2.31 bits per heavy atom. The second-order valence-corrected chi connectivity index (χ2v) is 3.16. The van der Waals surface area contributed by atoms with Gasteiger partial charge in [-0.15, -0.1) is 11.6 Å². The maximum Gasteiger partial charge on any atom is 0.141 e. The van der Waals surface area contributed by atoms with Crippen molar-refractivity contribution in [1.29, 1.82) is 0 Å². The summed E-state index contributed by atoms with van der Waals surface area (Å²) in [5.74, 6) is 0.0715. The molecule has 0 bridgehead atoms. The van der Waals surface area contributed by atoms with Crippen molar-refractivity contribution in [3.05, 3.63) is 29.8 Å². The van der Waals surface area contributed by atoms with Gasteiger partial charge < -0.3 is 5.11 Å². The van der Waals surface area contributed by atoms with Crippen molar-refractivity contribution < 1.29 is 9.50 Å². The summed E-state index contributed by atoms with van der Waals surface area (Å²) in [5.41, 5.74) is 0.505. The summed E-state index contributed by atoms with van der Waals surface area (Å²) in [7, 11) is 0. The van der Waals surface area contributed by atoms with E-state index in [1.807, 2.05) is 0 Å². The maximum atomic E-state index is 12.7. The van der Waals surface area contributed by atoms with Gasteiger partial charge in [-0.3, -0.25) is 4.98 Å². The fraction of sp³-hybridized carbons (Fsp3) is 0.444. The minimum absolute atomic E-state index is 0.428. The van der Waals surface area contributed by atoms with Crippen LogP contribution in [0.15, 0.2) is 18.5 Å². The Bertz CT molecular complexity index is 270. The lowest BCUT2D eigenvalue weighted by Gasteiger charge is -2.08. The number of alkyl halides is 1. The summed E-state index contributed by atoms with van der Waals surface area (Å²) in [6, 6.07) is 1.28. The predicted molar refractivity (Wildman–Crippen MR) is 49.1 cm³/mol. The standard InChI is InChI=1S/C9H11ClFNO/c10-3-1-2-9(13)7-4-8(11)6-12-5-7/h4-6,9,13H,1-3H2. The van der Waals surface area contributed by atoms with Gasteiger partial charge in [0.25, 0.3) is 0 Å². The maximum absolute atomic E-state index is 12.7. The third-order valence-corrected chi connectivity index (χ3v) is 1.99. The Morgan fingerprint density at radius 1 is 1.54 bits per heavy atom. The number of aliphatic hydroxyl groups excluding tert-OH is 1. The monoisotopic (exact) mass is 203 g/mol. The summed E-state index contributed by atoms with van der Waals surface area (Å²) < 4.78 is 12.7. The van der Waals surface area contributed by atoms with Gasteiger partial charge in [0.05, 0.1) is 12.3 Å². The number of nitrogens with zero attached hydrogens (tertiary/aromatic N) is 1. The van der Waals surface area contributed by atoms with Crippen molar-refractivity contribution in [3.63, 3.8) is 0 Å². The van der Waals surface area contributed by atoms with Crippen LogP contribution in [-0.2, 0) is 0 Å². The Kier molecular flexibility index (Phi) is 4.12. The molecule has 0 aromatic carbocycles. The third kappa shape index (κ3) is 3.28. The van der Waals surface area contributed by atoms with Crippen LogP contribution in [0.3, 0.4) is 0 Å². The Balaban J connectivity index is 2.60. The zero-order valence-corrected chi connectivity index (χ0v) is 7.84. The molecule has 0 spiro atoms. The fourth-order valence-electron chi connectivity index (χ4n) is 1.05. The lowest BCUT2D eigenvalue weighted by Crippen LogP contribution is -1.99. The Morgan fingerprint density at radius 3 is 2.92 bits per heavy atom. The number of hydrogen-bond donors (Lipinski definition) is 1. The van der Waals surface area contributed by atoms with Gasteiger partial charge >= 0.3 is 0 Å². The van der Waals surface area contributed by atoms with Gasteiger partial charge in [0.15, 0.2) is 0 Å². The normalized spacial score (nSPS) is 12.8. The molecule has 72 valence electrons. The number of halogens is 2. The molecule has 1 aromatic heterocycles. The zero-order valence-electron chi connectivity index (χ0n) is 7.08. The summed E-state index contributed by atoms with van der Waals surface area (Å²) in [6.45, 7) is 0. The van der Waals surface area contributed by atoms with E-state index in [0.29, 0.717) is 24.3 Å². The van der Waals surface area contributed by atoms with Gasteiger partial charge in [0.2, 0.25) is 0 Å². The molecule has 4 heteroatoms. The average Bonchev–Trinajstić information content (AvgIpc) is 2.14. The van der Waals surface area contributed by atoms with Crippen LogP contribution >= 0.6 is 11.6 Å². The van der Waals surface area contributed by atoms with Crippen molar-refractivity contribution >= 4 is 11.6 Å². The van der Waals surface area contributed by atoms with E-state index < -0.39 is 11.9 Å². The lowest BCUT2D eigenvalue weighted by atomic mass is 10.1. The van der Waals surface area contributed by atoms with Crippen LogP contribution in [0.5, 0.6) is 0 Å². The first kappa shape index (κ1) is 10.4. The molecule has 0 amide bonds. The molecule has 0 aliphatic carbocycles. The number of aliphatic hydroxyl groups is 1. The van der Waals surface area contributed by atoms with Crippen molar-refractivity contribution in [2.45, 2.75) is 18.9 Å². The molecular formula is C9H11ClFNO. The van der Waals surface area contributed by atoms with Crippen LogP contribution in [0.25, 0.3) is 0 Å². The molecular weight excluding hydrogens is 193 g/mol. The van der Waals surface area contributed by atoms with Crippen LogP contribution in [-0.4, -0.2) is 16.0 Å². The van der Waals surface area contributed by atoms with Gasteiger partial charge in [-0.25, -0.2) is 4.39 Å². The van der Waals surface area contributed by atoms with Crippen LogP contribution in [0.2, 0.25) is 0 Å². The second-order valence-electron chi connectivity index (χ2n) is 2.78. The van der Waals surface area contributed by atoms with Gasteiger partial charge in [-0.1, -0.05) is 0 Å². The van der Waals surface area contributed by atoms with E-state index in [0.717, 1.165) is 6.20 Å². The molecule has 0 aliphatic heterocycles. The molecule has 0 fully saturated rings. The lowest BCUT2D eigenvalue weighted by molar-refractivity contribution is 0.166. The van der Waals surface area contributed by atoms with E-state index >= 15 is 0 Å². The van der Waals surface area contributed by atoms with E-state index in [-0.39, 0.29) is 0 Å². The molecule has 0 aliphatic rings. The molecule has 1 rings (SSSR count). The second kappa shape index (κ2) is 5.14. The van der Waals surface area contributed by atoms with Crippen LogP contribution < -0.4 is 0 Å². The van der Waals surface area contributed by atoms with Crippen molar-refractivity contribution in [2.24, 2.45) is 0 Å². The molecule has 13 heavy (non-hydrogen) atoms. The zero-order chi connectivity index (χ0) is 9.68. The highest BCUT2D eigenvalue weighted by Crippen LogP contribution is 2.17. The smallest absolute Gasteiger partial charge is 0.141 e. The van der Waals surface area contributed by atoms with Crippen LogP contribution in [0, 0.1) is 5.82 Å². The molecule has 1 atom stereocenters. The van der Waals surface area contributed by atoms with Crippen LogP contribution in [0.1, 0.15) is 24.5 Å². The SMILES string of the molecule is OC(CCCCl)c1cncc(F)c1. The molecule has 1 N–H and O–H groups in total. The van der Waals surface area contributed by atoms with Gasteiger partial charge in [0, 0.05) is 17.6 Å². The fourth-order valence-corrected chi connectivity index (χ4v) is 1.20. The van der Waals surface area contributed by atoms with Gasteiger partial charge in [0.1, 0.15) is 5.82 Å². The van der Waals surface area contributed by atoms with Crippen molar-refractivity contribution in [2.75, 3.05) is 5.88 Å². The molecule has 0 radical (unpaired) electrons. The third-order valence-electron chi connectivity index (χ3n) is 1.72. The van der Waals surface area contributed by atoms with E-state index in [1.165, 1.54) is 12.3 Å². The summed E-state index contributed by atoms with van der Waals surface area (Å²) >= 11 is 5.46. The molecule has 0 saturated carbocycles. The molecule has 1 unspecified atom stereocenters. The van der Waals surface area contributed by atoms with Crippen molar-refractivity contribution in [3.8, 4) is 0 Å². The van der Waals surface area contributed by atoms with E-state index in [9.17, 15) is 9.50 Å². The van der Waals surface area contributed by atoms with E-state index in [1.54, 1.807) is 0 Å². The minimum Gasteiger partial charge on any atom is -0.388 e. The quantitative estimate of drug-likeness (QED) is 0.762. The summed E-state index contributed by atoms with van der Waals surface area (Å²) in [6.07, 6.45) is 3.15.